The standard InChI is InChI=1S/C11H21N/c1-9-7-10-5-3-4-6-11(10)12(2)8-9/h9-11H,3-8H2,1-2H3. The van der Waals surface area contributed by atoms with Gasteiger partial charge in [0.05, 0.1) is 0 Å². The first kappa shape index (κ1) is 8.55. The average molecular weight is 167 g/mol. The molecule has 1 saturated carbocycles. The molecule has 70 valence electrons. The topological polar surface area (TPSA) is 3.24 Å². The van der Waals surface area contributed by atoms with Crippen molar-refractivity contribution in [2.45, 2.75) is 45.1 Å². The molecule has 1 aliphatic carbocycles. The van der Waals surface area contributed by atoms with Crippen LogP contribution >= 0.6 is 0 Å². The smallest absolute Gasteiger partial charge is 0.0121 e. The number of piperidine rings is 1. The monoisotopic (exact) mass is 167 g/mol. The largest absolute Gasteiger partial charge is 0.303 e. The maximum atomic E-state index is 2.61. The Labute approximate surface area is 76.1 Å². The summed E-state index contributed by atoms with van der Waals surface area (Å²) in [6.45, 7) is 3.74. The van der Waals surface area contributed by atoms with Crippen molar-refractivity contribution in [2.75, 3.05) is 13.6 Å². The summed E-state index contributed by atoms with van der Waals surface area (Å²) in [5.74, 6) is 1.97. The van der Waals surface area contributed by atoms with Gasteiger partial charge in [0.2, 0.25) is 0 Å². The third-order valence-corrected chi connectivity index (χ3v) is 3.74. The van der Waals surface area contributed by atoms with E-state index < -0.39 is 0 Å². The maximum Gasteiger partial charge on any atom is 0.0121 e. The fraction of sp³-hybridized carbons (Fsp3) is 1.00. The third-order valence-electron chi connectivity index (χ3n) is 3.74. The predicted octanol–water partition coefficient (Wildman–Crippen LogP) is 2.52. The highest BCUT2D eigenvalue weighted by Gasteiger charge is 2.33. The van der Waals surface area contributed by atoms with Crippen LogP contribution in [0.1, 0.15) is 39.0 Å². The van der Waals surface area contributed by atoms with Gasteiger partial charge in [0.25, 0.3) is 0 Å². The molecule has 0 aromatic carbocycles. The molecule has 0 bridgehead atoms. The quantitative estimate of drug-likeness (QED) is 0.536. The van der Waals surface area contributed by atoms with Crippen molar-refractivity contribution < 1.29 is 0 Å². The van der Waals surface area contributed by atoms with Gasteiger partial charge in [0.1, 0.15) is 0 Å². The summed E-state index contributed by atoms with van der Waals surface area (Å²) in [6, 6.07) is 0.940. The van der Waals surface area contributed by atoms with Crippen molar-refractivity contribution in [2.24, 2.45) is 11.8 Å². The van der Waals surface area contributed by atoms with Gasteiger partial charge in [-0.3, -0.25) is 0 Å². The molecule has 0 aromatic heterocycles. The highest BCUT2D eigenvalue weighted by molar-refractivity contribution is 4.87. The Kier molecular flexibility index (Phi) is 2.40. The second-order valence-electron chi connectivity index (χ2n) is 4.89. The second kappa shape index (κ2) is 3.37. The van der Waals surface area contributed by atoms with Crippen molar-refractivity contribution in [3.63, 3.8) is 0 Å². The fourth-order valence-corrected chi connectivity index (χ4v) is 3.26. The summed E-state index contributed by atoms with van der Waals surface area (Å²) < 4.78 is 0. The Hall–Kier alpha value is -0.0400. The summed E-state index contributed by atoms with van der Waals surface area (Å²) >= 11 is 0. The van der Waals surface area contributed by atoms with Gasteiger partial charge in [0, 0.05) is 12.6 Å². The van der Waals surface area contributed by atoms with Gasteiger partial charge in [-0.2, -0.15) is 0 Å². The Morgan fingerprint density at radius 3 is 2.75 bits per heavy atom. The molecule has 2 rings (SSSR count). The van der Waals surface area contributed by atoms with E-state index in [9.17, 15) is 0 Å². The lowest BCUT2D eigenvalue weighted by Gasteiger charge is -2.44. The summed E-state index contributed by atoms with van der Waals surface area (Å²) in [4.78, 5) is 2.61. The summed E-state index contributed by atoms with van der Waals surface area (Å²) in [5.41, 5.74) is 0. The van der Waals surface area contributed by atoms with E-state index in [1.807, 2.05) is 0 Å². The Balaban J connectivity index is 2.01. The highest BCUT2D eigenvalue weighted by atomic mass is 15.1. The first-order valence-corrected chi connectivity index (χ1v) is 5.47. The first-order chi connectivity index (χ1) is 5.77. The average Bonchev–Trinajstić information content (AvgIpc) is 2.04. The Bertz CT molecular complexity index is 155. The van der Waals surface area contributed by atoms with Gasteiger partial charge in [0.15, 0.2) is 0 Å². The SMILES string of the molecule is CC1CC2CCCCC2N(C)C1. The van der Waals surface area contributed by atoms with Gasteiger partial charge in [-0.1, -0.05) is 19.8 Å². The van der Waals surface area contributed by atoms with Crippen LogP contribution in [0, 0.1) is 11.8 Å². The molecule has 1 heteroatoms. The van der Waals surface area contributed by atoms with E-state index in [0.29, 0.717) is 0 Å². The molecular weight excluding hydrogens is 146 g/mol. The molecule has 1 heterocycles. The zero-order chi connectivity index (χ0) is 8.55. The Morgan fingerprint density at radius 1 is 1.17 bits per heavy atom. The molecule has 3 atom stereocenters. The minimum atomic E-state index is 0.939. The van der Waals surface area contributed by atoms with Gasteiger partial charge < -0.3 is 4.90 Å². The van der Waals surface area contributed by atoms with E-state index >= 15 is 0 Å². The van der Waals surface area contributed by atoms with Crippen LogP contribution < -0.4 is 0 Å². The molecular formula is C11H21N. The fourth-order valence-electron chi connectivity index (χ4n) is 3.26. The van der Waals surface area contributed by atoms with Crippen molar-refractivity contribution in [3.05, 3.63) is 0 Å². The number of rotatable bonds is 0. The van der Waals surface area contributed by atoms with Crippen molar-refractivity contribution >= 4 is 0 Å². The van der Waals surface area contributed by atoms with E-state index in [1.54, 1.807) is 0 Å². The molecule has 12 heavy (non-hydrogen) atoms. The molecule has 0 aromatic rings. The molecule has 0 spiro atoms. The highest BCUT2D eigenvalue weighted by Crippen LogP contribution is 2.36. The number of hydrogen-bond donors (Lipinski definition) is 0. The molecule has 3 unspecified atom stereocenters. The molecule has 0 N–H and O–H groups in total. The van der Waals surface area contributed by atoms with Crippen LogP contribution in [0.25, 0.3) is 0 Å². The van der Waals surface area contributed by atoms with Gasteiger partial charge in [-0.05, 0) is 38.1 Å². The van der Waals surface area contributed by atoms with Gasteiger partial charge >= 0.3 is 0 Å². The molecule has 1 aliphatic heterocycles. The van der Waals surface area contributed by atoms with Gasteiger partial charge in [-0.15, -0.1) is 0 Å². The molecule has 2 fully saturated rings. The summed E-state index contributed by atoms with van der Waals surface area (Å²) in [7, 11) is 2.32. The van der Waals surface area contributed by atoms with E-state index in [4.69, 9.17) is 0 Å². The minimum Gasteiger partial charge on any atom is -0.303 e. The lowest BCUT2D eigenvalue weighted by Crippen LogP contribution is -2.47. The number of hydrogen-bond acceptors (Lipinski definition) is 1. The lowest BCUT2D eigenvalue weighted by atomic mass is 9.76. The molecule has 0 radical (unpaired) electrons. The summed E-state index contributed by atoms with van der Waals surface area (Å²) in [5, 5.41) is 0. The van der Waals surface area contributed by atoms with Crippen LogP contribution in [0.15, 0.2) is 0 Å². The second-order valence-corrected chi connectivity index (χ2v) is 4.89. The van der Waals surface area contributed by atoms with Crippen LogP contribution in [0.4, 0.5) is 0 Å². The molecule has 1 nitrogen and oxygen atoms in total. The molecule has 1 saturated heterocycles. The number of nitrogens with zero attached hydrogens (tertiary/aromatic N) is 1. The maximum absolute atomic E-state index is 2.61. The predicted molar refractivity (Wildman–Crippen MR) is 52.2 cm³/mol. The van der Waals surface area contributed by atoms with Gasteiger partial charge in [-0.25, -0.2) is 0 Å². The van der Waals surface area contributed by atoms with Crippen LogP contribution in [0.5, 0.6) is 0 Å². The van der Waals surface area contributed by atoms with Crippen LogP contribution in [-0.2, 0) is 0 Å². The van der Waals surface area contributed by atoms with Crippen LogP contribution in [-0.4, -0.2) is 24.5 Å². The molecule has 2 aliphatic rings. The van der Waals surface area contributed by atoms with Crippen molar-refractivity contribution in [1.29, 1.82) is 0 Å². The van der Waals surface area contributed by atoms with E-state index in [2.05, 4.69) is 18.9 Å². The number of likely N-dealkylation sites (tertiary alicyclic amines) is 1. The van der Waals surface area contributed by atoms with Crippen LogP contribution in [0.3, 0.4) is 0 Å². The minimum absolute atomic E-state index is 0.939. The van der Waals surface area contributed by atoms with Crippen molar-refractivity contribution in [3.8, 4) is 0 Å². The van der Waals surface area contributed by atoms with E-state index in [-0.39, 0.29) is 0 Å². The lowest BCUT2D eigenvalue weighted by molar-refractivity contribution is 0.0544. The Morgan fingerprint density at radius 2 is 1.92 bits per heavy atom. The van der Waals surface area contributed by atoms with Crippen molar-refractivity contribution in [1.82, 2.24) is 4.90 Å². The third kappa shape index (κ3) is 1.52. The summed E-state index contributed by atoms with van der Waals surface area (Å²) in [6.07, 6.45) is 7.42. The zero-order valence-corrected chi connectivity index (χ0v) is 8.42. The molecule has 0 amide bonds. The van der Waals surface area contributed by atoms with E-state index in [1.165, 1.54) is 38.6 Å². The number of fused-ring (bicyclic) bond motifs is 1. The normalized spacial score (nSPS) is 44.0. The zero-order valence-electron chi connectivity index (χ0n) is 8.42. The van der Waals surface area contributed by atoms with Crippen LogP contribution in [0.2, 0.25) is 0 Å². The van der Waals surface area contributed by atoms with E-state index in [0.717, 1.165) is 17.9 Å². The first-order valence-electron chi connectivity index (χ1n) is 5.47.